The van der Waals surface area contributed by atoms with Crippen molar-refractivity contribution >= 4 is 17.6 Å². The van der Waals surface area contributed by atoms with E-state index in [1.807, 2.05) is 13.0 Å². The number of carboxylic acids is 1. The molecule has 0 aliphatic carbocycles. The molecule has 0 radical (unpaired) electrons. The summed E-state index contributed by atoms with van der Waals surface area (Å²) in [5, 5.41) is 12.6. The fraction of sp³-hybridized carbons (Fsp3) is 0.500. The summed E-state index contributed by atoms with van der Waals surface area (Å²) in [6.45, 7) is 3.36. The minimum absolute atomic E-state index is 0.424. The van der Waals surface area contributed by atoms with Gasteiger partial charge in [-0.25, -0.2) is 0 Å². The van der Waals surface area contributed by atoms with Crippen molar-refractivity contribution in [2.75, 3.05) is 13.2 Å². The van der Waals surface area contributed by atoms with Crippen LogP contribution in [0.2, 0.25) is 5.02 Å². The van der Waals surface area contributed by atoms with Crippen LogP contribution in [0.25, 0.3) is 0 Å². The Bertz CT molecular complexity index is 492. The van der Waals surface area contributed by atoms with Crippen LogP contribution in [-0.4, -0.2) is 30.3 Å². The lowest BCUT2D eigenvalue weighted by Crippen LogP contribution is -2.36. The largest absolute Gasteiger partial charge is 0.486 e. The summed E-state index contributed by atoms with van der Waals surface area (Å²) in [5.74, 6) is 0.336. The molecule has 1 aromatic rings. The molecule has 6 heteroatoms. The summed E-state index contributed by atoms with van der Waals surface area (Å²) in [6.07, 6.45) is 1.40. The van der Waals surface area contributed by atoms with Crippen LogP contribution in [0.1, 0.15) is 25.3 Å². The maximum Gasteiger partial charge on any atom is 0.320 e. The number of benzene rings is 1. The minimum Gasteiger partial charge on any atom is -0.486 e. The van der Waals surface area contributed by atoms with Crippen molar-refractivity contribution in [2.24, 2.45) is 0 Å². The van der Waals surface area contributed by atoms with Gasteiger partial charge in [0.15, 0.2) is 11.5 Å². The molecule has 0 bridgehead atoms. The van der Waals surface area contributed by atoms with Crippen LogP contribution in [0, 0.1) is 0 Å². The third-order valence-corrected chi connectivity index (χ3v) is 3.37. The van der Waals surface area contributed by atoms with Gasteiger partial charge in [0.2, 0.25) is 0 Å². The molecule has 20 heavy (non-hydrogen) atoms. The fourth-order valence-corrected chi connectivity index (χ4v) is 2.40. The van der Waals surface area contributed by atoms with Crippen LogP contribution in [0.5, 0.6) is 11.5 Å². The summed E-state index contributed by atoms with van der Waals surface area (Å²) in [4.78, 5) is 11.1. The Morgan fingerprint density at radius 2 is 2.20 bits per heavy atom. The van der Waals surface area contributed by atoms with Crippen molar-refractivity contribution in [3.8, 4) is 11.5 Å². The summed E-state index contributed by atoms with van der Waals surface area (Å²) < 4.78 is 10.9. The van der Waals surface area contributed by atoms with Gasteiger partial charge in [-0.2, -0.15) is 0 Å². The van der Waals surface area contributed by atoms with Gasteiger partial charge < -0.3 is 19.9 Å². The molecule has 0 saturated carbocycles. The molecular weight excluding hydrogens is 282 g/mol. The van der Waals surface area contributed by atoms with E-state index in [-0.39, 0.29) is 0 Å². The van der Waals surface area contributed by atoms with E-state index >= 15 is 0 Å². The quantitative estimate of drug-likeness (QED) is 0.844. The van der Waals surface area contributed by atoms with Gasteiger partial charge in [0.25, 0.3) is 0 Å². The van der Waals surface area contributed by atoms with Crippen molar-refractivity contribution in [1.82, 2.24) is 5.32 Å². The monoisotopic (exact) mass is 299 g/mol. The van der Waals surface area contributed by atoms with E-state index < -0.39 is 12.0 Å². The number of carboxylic acid groups (broad SMARTS) is 1. The van der Waals surface area contributed by atoms with Crippen LogP contribution in [-0.2, 0) is 11.3 Å². The van der Waals surface area contributed by atoms with E-state index in [2.05, 4.69) is 5.32 Å². The second-order valence-electron chi connectivity index (χ2n) is 4.66. The van der Waals surface area contributed by atoms with Crippen LogP contribution < -0.4 is 14.8 Å². The normalized spacial score (nSPS) is 14.9. The summed E-state index contributed by atoms with van der Waals surface area (Å²) in [6, 6.07) is 3.05. The Kier molecular flexibility index (Phi) is 5.09. The van der Waals surface area contributed by atoms with Gasteiger partial charge in [0.05, 0.1) is 5.02 Å². The molecule has 1 aliphatic heterocycles. The van der Waals surface area contributed by atoms with Crippen molar-refractivity contribution in [2.45, 2.75) is 32.4 Å². The molecule has 0 fully saturated rings. The molecule has 0 spiro atoms. The highest BCUT2D eigenvalue weighted by Gasteiger charge is 2.18. The Morgan fingerprint density at radius 3 is 2.90 bits per heavy atom. The molecule has 2 N–H and O–H groups in total. The van der Waals surface area contributed by atoms with E-state index in [0.717, 1.165) is 12.0 Å². The second kappa shape index (κ2) is 6.81. The Hall–Kier alpha value is -1.46. The van der Waals surface area contributed by atoms with Crippen molar-refractivity contribution in [3.63, 3.8) is 0 Å². The van der Waals surface area contributed by atoms with Gasteiger partial charge in [-0.3, -0.25) is 4.79 Å². The molecule has 0 saturated heterocycles. The van der Waals surface area contributed by atoms with Gasteiger partial charge in [0.1, 0.15) is 19.3 Å². The molecule has 1 unspecified atom stereocenters. The number of ether oxygens (including phenoxy) is 2. The molecule has 110 valence electrons. The molecular formula is C14H18ClNO4. The van der Waals surface area contributed by atoms with E-state index in [0.29, 0.717) is 42.7 Å². The second-order valence-corrected chi connectivity index (χ2v) is 5.07. The first-order chi connectivity index (χ1) is 9.61. The first-order valence-electron chi connectivity index (χ1n) is 6.66. The van der Waals surface area contributed by atoms with E-state index in [1.165, 1.54) is 0 Å². The SMILES string of the molecule is CCCC(NCc1cc(Cl)c2c(c1)OCCO2)C(=O)O. The lowest BCUT2D eigenvalue weighted by molar-refractivity contribution is -0.139. The minimum atomic E-state index is -0.838. The molecule has 2 rings (SSSR count). The summed E-state index contributed by atoms with van der Waals surface area (Å²) >= 11 is 6.14. The highest BCUT2D eigenvalue weighted by atomic mass is 35.5. The predicted octanol–water partition coefficient (Wildman–Crippen LogP) is 2.45. The maximum absolute atomic E-state index is 11.1. The lowest BCUT2D eigenvalue weighted by Gasteiger charge is -2.21. The van der Waals surface area contributed by atoms with Gasteiger partial charge in [0, 0.05) is 6.54 Å². The maximum atomic E-state index is 11.1. The van der Waals surface area contributed by atoms with Crippen LogP contribution in [0.3, 0.4) is 0 Å². The molecule has 0 amide bonds. The summed E-state index contributed by atoms with van der Waals surface area (Å²) in [7, 11) is 0. The topological polar surface area (TPSA) is 67.8 Å². The lowest BCUT2D eigenvalue weighted by atomic mass is 10.1. The first-order valence-corrected chi connectivity index (χ1v) is 7.03. The first kappa shape index (κ1) is 14.9. The number of carbonyl (C=O) groups is 1. The van der Waals surface area contributed by atoms with Gasteiger partial charge in [-0.15, -0.1) is 0 Å². The van der Waals surface area contributed by atoms with Crippen molar-refractivity contribution in [3.05, 3.63) is 22.7 Å². The average Bonchev–Trinajstić information content (AvgIpc) is 2.43. The zero-order chi connectivity index (χ0) is 14.5. The standard InChI is InChI=1S/C14H18ClNO4/c1-2-3-11(14(17)18)16-8-9-6-10(15)13-12(7-9)19-4-5-20-13/h6-7,11,16H,2-5,8H2,1H3,(H,17,18). The van der Waals surface area contributed by atoms with E-state index in [4.69, 9.17) is 26.2 Å². The van der Waals surface area contributed by atoms with Crippen LogP contribution in [0.15, 0.2) is 12.1 Å². The number of hydrogen-bond acceptors (Lipinski definition) is 4. The fourth-order valence-electron chi connectivity index (χ4n) is 2.11. The number of aliphatic carboxylic acids is 1. The Morgan fingerprint density at radius 1 is 1.45 bits per heavy atom. The predicted molar refractivity (Wildman–Crippen MR) is 75.6 cm³/mol. The van der Waals surface area contributed by atoms with Gasteiger partial charge >= 0.3 is 5.97 Å². The van der Waals surface area contributed by atoms with E-state index in [9.17, 15) is 4.79 Å². The van der Waals surface area contributed by atoms with Gasteiger partial charge in [-0.05, 0) is 24.1 Å². The third kappa shape index (κ3) is 3.55. The molecule has 1 atom stereocenters. The molecule has 1 aliphatic rings. The highest BCUT2D eigenvalue weighted by Crippen LogP contribution is 2.38. The summed E-state index contributed by atoms with van der Waals surface area (Å²) in [5.41, 5.74) is 0.876. The number of hydrogen-bond donors (Lipinski definition) is 2. The number of nitrogens with one attached hydrogen (secondary N) is 1. The van der Waals surface area contributed by atoms with Crippen molar-refractivity contribution < 1.29 is 19.4 Å². The molecule has 1 heterocycles. The Balaban J connectivity index is 2.06. The average molecular weight is 300 g/mol. The zero-order valence-corrected chi connectivity index (χ0v) is 12.1. The number of halogens is 1. The third-order valence-electron chi connectivity index (χ3n) is 3.08. The molecule has 1 aromatic carbocycles. The molecule has 5 nitrogen and oxygen atoms in total. The zero-order valence-electron chi connectivity index (χ0n) is 11.3. The number of fused-ring (bicyclic) bond motifs is 1. The smallest absolute Gasteiger partial charge is 0.320 e. The van der Waals surface area contributed by atoms with Gasteiger partial charge in [-0.1, -0.05) is 24.9 Å². The number of rotatable bonds is 6. The van der Waals surface area contributed by atoms with Crippen LogP contribution in [0.4, 0.5) is 0 Å². The van der Waals surface area contributed by atoms with Crippen molar-refractivity contribution in [1.29, 1.82) is 0 Å². The Labute approximate surface area is 122 Å². The van der Waals surface area contributed by atoms with Crippen LogP contribution >= 0.6 is 11.6 Å². The van der Waals surface area contributed by atoms with E-state index in [1.54, 1.807) is 6.07 Å². The molecule has 0 aromatic heterocycles. The highest BCUT2D eigenvalue weighted by molar-refractivity contribution is 6.32.